The highest BCUT2D eigenvalue weighted by Crippen LogP contribution is 2.16. The number of fused-ring (bicyclic) bond motifs is 1. The van der Waals surface area contributed by atoms with E-state index in [2.05, 4.69) is 14.9 Å². The Morgan fingerprint density at radius 3 is 3.14 bits per heavy atom. The molecule has 0 spiro atoms. The highest BCUT2D eigenvalue weighted by molar-refractivity contribution is 5.81. The van der Waals surface area contributed by atoms with Gasteiger partial charge in [-0.1, -0.05) is 12.1 Å². The molecule has 2 heterocycles. The summed E-state index contributed by atoms with van der Waals surface area (Å²) < 4.78 is 12.7. The van der Waals surface area contributed by atoms with Gasteiger partial charge >= 0.3 is 0 Å². The van der Waals surface area contributed by atoms with Crippen molar-refractivity contribution in [3.8, 4) is 0 Å². The fourth-order valence-corrected chi connectivity index (χ4v) is 2.76. The minimum Gasteiger partial charge on any atom is -0.383 e. The molecule has 1 aromatic carbocycles. The largest absolute Gasteiger partial charge is 0.383 e. The summed E-state index contributed by atoms with van der Waals surface area (Å²) in [6, 6.07) is 7.96. The van der Waals surface area contributed by atoms with E-state index in [0.29, 0.717) is 26.3 Å². The SMILES string of the molecule is COCCn1c(CNC(=O)C2CCCO2)nc2ccccc21. The van der Waals surface area contributed by atoms with Gasteiger partial charge in [0.15, 0.2) is 0 Å². The van der Waals surface area contributed by atoms with Crippen molar-refractivity contribution in [3.63, 3.8) is 0 Å². The molecule has 1 N–H and O–H groups in total. The van der Waals surface area contributed by atoms with Gasteiger partial charge in [-0.2, -0.15) is 0 Å². The number of carbonyl (C=O) groups is 1. The molecule has 6 heteroatoms. The van der Waals surface area contributed by atoms with Crippen LogP contribution in [0, 0.1) is 0 Å². The molecule has 1 atom stereocenters. The number of nitrogens with one attached hydrogen (secondary N) is 1. The number of carbonyl (C=O) groups excluding carboxylic acids is 1. The number of benzene rings is 1. The molecule has 1 saturated heterocycles. The maximum atomic E-state index is 12.1. The molecule has 1 amide bonds. The van der Waals surface area contributed by atoms with Gasteiger partial charge in [0.05, 0.1) is 24.2 Å². The Kier molecular flexibility index (Phi) is 4.70. The Bertz CT molecular complexity index is 647. The molecule has 1 aromatic heterocycles. The van der Waals surface area contributed by atoms with E-state index in [-0.39, 0.29) is 12.0 Å². The van der Waals surface area contributed by atoms with Crippen molar-refractivity contribution in [1.29, 1.82) is 0 Å². The monoisotopic (exact) mass is 303 g/mol. The lowest BCUT2D eigenvalue weighted by Gasteiger charge is -2.12. The smallest absolute Gasteiger partial charge is 0.249 e. The van der Waals surface area contributed by atoms with E-state index in [9.17, 15) is 4.79 Å². The zero-order valence-corrected chi connectivity index (χ0v) is 12.7. The van der Waals surface area contributed by atoms with Crippen molar-refractivity contribution >= 4 is 16.9 Å². The highest BCUT2D eigenvalue weighted by atomic mass is 16.5. The quantitative estimate of drug-likeness (QED) is 0.878. The number of imidazole rings is 1. The molecule has 22 heavy (non-hydrogen) atoms. The molecule has 0 saturated carbocycles. The van der Waals surface area contributed by atoms with Gasteiger partial charge in [0.2, 0.25) is 5.91 Å². The molecule has 1 aliphatic heterocycles. The first-order valence-electron chi connectivity index (χ1n) is 7.62. The Balaban J connectivity index is 1.75. The Morgan fingerprint density at radius 2 is 2.36 bits per heavy atom. The second kappa shape index (κ2) is 6.89. The van der Waals surface area contributed by atoms with Crippen molar-refractivity contribution in [1.82, 2.24) is 14.9 Å². The maximum Gasteiger partial charge on any atom is 0.249 e. The molecule has 1 aliphatic rings. The molecule has 118 valence electrons. The van der Waals surface area contributed by atoms with Crippen LogP contribution in [-0.2, 0) is 27.4 Å². The Morgan fingerprint density at radius 1 is 1.50 bits per heavy atom. The molecule has 1 unspecified atom stereocenters. The fraction of sp³-hybridized carbons (Fsp3) is 0.500. The number of hydrogen-bond acceptors (Lipinski definition) is 4. The molecule has 6 nitrogen and oxygen atoms in total. The first-order chi connectivity index (χ1) is 10.8. The second-order valence-corrected chi connectivity index (χ2v) is 5.38. The predicted molar refractivity (Wildman–Crippen MR) is 82.4 cm³/mol. The van der Waals surface area contributed by atoms with Crippen molar-refractivity contribution in [2.24, 2.45) is 0 Å². The standard InChI is InChI=1S/C16H21N3O3/c1-21-10-8-19-13-6-3-2-5-12(13)18-15(19)11-17-16(20)14-7-4-9-22-14/h2-3,5-6,14H,4,7-11H2,1H3,(H,17,20). The van der Waals surface area contributed by atoms with Crippen molar-refractivity contribution in [3.05, 3.63) is 30.1 Å². The number of nitrogens with zero attached hydrogens (tertiary/aromatic N) is 2. The zero-order chi connectivity index (χ0) is 15.4. The molecular weight excluding hydrogens is 282 g/mol. The second-order valence-electron chi connectivity index (χ2n) is 5.38. The average molecular weight is 303 g/mol. The van der Waals surface area contributed by atoms with Crippen LogP contribution in [0.3, 0.4) is 0 Å². The van der Waals surface area contributed by atoms with Gasteiger partial charge in [0.1, 0.15) is 11.9 Å². The van der Waals surface area contributed by atoms with Crippen LogP contribution in [0.2, 0.25) is 0 Å². The number of para-hydroxylation sites is 2. The van der Waals surface area contributed by atoms with Gasteiger partial charge in [0.25, 0.3) is 0 Å². The van der Waals surface area contributed by atoms with Crippen LogP contribution in [0.15, 0.2) is 24.3 Å². The summed E-state index contributed by atoms with van der Waals surface area (Å²) in [5.41, 5.74) is 1.99. The van der Waals surface area contributed by atoms with Gasteiger partial charge in [-0.15, -0.1) is 0 Å². The summed E-state index contributed by atoms with van der Waals surface area (Å²) in [5, 5.41) is 2.93. The third-order valence-corrected chi connectivity index (χ3v) is 3.90. The van der Waals surface area contributed by atoms with Gasteiger partial charge in [-0.25, -0.2) is 4.98 Å². The zero-order valence-electron chi connectivity index (χ0n) is 12.7. The predicted octanol–water partition coefficient (Wildman–Crippen LogP) is 1.48. The number of aromatic nitrogens is 2. The van der Waals surface area contributed by atoms with Crippen molar-refractivity contribution < 1.29 is 14.3 Å². The molecule has 2 aromatic rings. The summed E-state index contributed by atoms with van der Waals surface area (Å²) in [6.45, 7) is 2.39. The molecule has 1 fully saturated rings. The number of rotatable bonds is 6. The van der Waals surface area contributed by atoms with E-state index in [4.69, 9.17) is 9.47 Å². The van der Waals surface area contributed by atoms with E-state index in [1.165, 1.54) is 0 Å². The first-order valence-corrected chi connectivity index (χ1v) is 7.62. The molecule has 3 rings (SSSR count). The summed E-state index contributed by atoms with van der Waals surface area (Å²) in [7, 11) is 1.68. The van der Waals surface area contributed by atoms with Crippen molar-refractivity contribution in [2.45, 2.75) is 32.0 Å². The molecule has 0 bridgehead atoms. The number of methoxy groups -OCH3 is 1. The summed E-state index contributed by atoms with van der Waals surface area (Å²) >= 11 is 0. The Hall–Kier alpha value is -1.92. The van der Waals surface area contributed by atoms with E-state index in [1.54, 1.807) is 7.11 Å². The van der Waals surface area contributed by atoms with E-state index >= 15 is 0 Å². The first kappa shape index (κ1) is 15.0. The van der Waals surface area contributed by atoms with Crippen molar-refractivity contribution in [2.75, 3.05) is 20.3 Å². The maximum absolute atomic E-state index is 12.1. The van der Waals surface area contributed by atoms with Gasteiger partial charge in [-0.05, 0) is 25.0 Å². The number of hydrogen-bond donors (Lipinski definition) is 1. The lowest BCUT2D eigenvalue weighted by Crippen LogP contribution is -2.34. The summed E-state index contributed by atoms with van der Waals surface area (Å²) in [5.74, 6) is 0.785. The third kappa shape index (κ3) is 3.13. The molecular formula is C16H21N3O3. The van der Waals surface area contributed by atoms with Gasteiger partial charge in [0, 0.05) is 20.3 Å². The van der Waals surface area contributed by atoms with Crippen LogP contribution in [0.25, 0.3) is 11.0 Å². The average Bonchev–Trinajstić information content (AvgIpc) is 3.18. The Labute approximate surface area is 129 Å². The third-order valence-electron chi connectivity index (χ3n) is 3.90. The van der Waals surface area contributed by atoms with E-state index < -0.39 is 0 Å². The van der Waals surface area contributed by atoms with Gasteiger partial charge < -0.3 is 19.4 Å². The van der Waals surface area contributed by atoms with Crippen LogP contribution in [0.1, 0.15) is 18.7 Å². The lowest BCUT2D eigenvalue weighted by atomic mass is 10.2. The minimum atomic E-state index is -0.309. The lowest BCUT2D eigenvalue weighted by molar-refractivity contribution is -0.130. The van der Waals surface area contributed by atoms with Crippen LogP contribution in [0.5, 0.6) is 0 Å². The van der Waals surface area contributed by atoms with Gasteiger partial charge in [-0.3, -0.25) is 4.79 Å². The van der Waals surface area contributed by atoms with Crippen LogP contribution in [-0.4, -0.2) is 41.9 Å². The molecule has 0 aliphatic carbocycles. The minimum absolute atomic E-state index is 0.0529. The van der Waals surface area contributed by atoms with Crippen LogP contribution < -0.4 is 5.32 Å². The summed E-state index contributed by atoms with van der Waals surface area (Å²) in [6.07, 6.45) is 1.44. The number of ether oxygens (including phenoxy) is 2. The van der Waals surface area contributed by atoms with E-state index in [0.717, 1.165) is 29.7 Å². The van der Waals surface area contributed by atoms with Crippen LogP contribution in [0.4, 0.5) is 0 Å². The topological polar surface area (TPSA) is 65.4 Å². The molecule has 0 radical (unpaired) electrons. The summed E-state index contributed by atoms with van der Waals surface area (Å²) in [4.78, 5) is 16.7. The number of amides is 1. The van der Waals surface area contributed by atoms with Crippen LogP contribution >= 0.6 is 0 Å². The highest BCUT2D eigenvalue weighted by Gasteiger charge is 2.23. The normalized spacial score (nSPS) is 18.0. The fourth-order valence-electron chi connectivity index (χ4n) is 2.76. The van der Waals surface area contributed by atoms with E-state index in [1.807, 2.05) is 24.3 Å².